The highest BCUT2D eigenvalue weighted by Gasteiger charge is 2.45. The largest absolute Gasteiger partial charge is 0.361 e. The average molecular weight is 270 g/mol. The van der Waals surface area contributed by atoms with Crippen molar-refractivity contribution in [2.45, 2.75) is 38.0 Å². The predicted octanol–water partition coefficient (Wildman–Crippen LogP) is 3.43. The lowest BCUT2D eigenvalue weighted by Gasteiger charge is -2.25. The van der Waals surface area contributed by atoms with Crippen LogP contribution in [-0.4, -0.2) is 11.1 Å². The lowest BCUT2D eigenvalue weighted by Crippen LogP contribution is -2.38. The van der Waals surface area contributed by atoms with Crippen molar-refractivity contribution in [1.82, 2.24) is 5.16 Å². The van der Waals surface area contributed by atoms with Crippen LogP contribution in [0.3, 0.4) is 0 Å². The van der Waals surface area contributed by atoms with Crippen LogP contribution in [0.5, 0.6) is 0 Å². The van der Waals surface area contributed by atoms with Gasteiger partial charge in [0.05, 0.1) is 11.1 Å². The molecular weight excluding hydrogens is 252 g/mol. The third-order valence-electron chi connectivity index (χ3n) is 4.04. The van der Waals surface area contributed by atoms with E-state index in [4.69, 9.17) is 4.52 Å². The van der Waals surface area contributed by atoms with Crippen LogP contribution in [0.25, 0.3) is 0 Å². The summed E-state index contributed by atoms with van der Waals surface area (Å²) < 4.78 is 5.17. The van der Waals surface area contributed by atoms with E-state index in [1.54, 1.807) is 0 Å². The first-order valence-corrected chi connectivity index (χ1v) is 7.01. The van der Waals surface area contributed by atoms with Crippen LogP contribution < -0.4 is 5.32 Å². The fourth-order valence-corrected chi connectivity index (χ4v) is 2.94. The van der Waals surface area contributed by atoms with Gasteiger partial charge in [-0.15, -0.1) is 0 Å². The zero-order valence-electron chi connectivity index (χ0n) is 11.6. The number of carbonyl (C=O) groups excluding carboxylic acids is 1. The number of nitrogens with zero attached hydrogens (tertiary/aromatic N) is 1. The number of carbonyl (C=O) groups is 1. The summed E-state index contributed by atoms with van der Waals surface area (Å²) >= 11 is 0. The summed E-state index contributed by atoms with van der Waals surface area (Å²) in [5, 5.41) is 7.11. The van der Waals surface area contributed by atoms with Crippen LogP contribution in [0.4, 0.5) is 5.69 Å². The molecule has 1 aromatic carbocycles. The van der Waals surface area contributed by atoms with Crippen molar-refractivity contribution in [3.8, 4) is 0 Å². The third kappa shape index (κ3) is 2.22. The molecule has 1 aliphatic rings. The highest BCUT2D eigenvalue weighted by molar-refractivity contribution is 5.99. The van der Waals surface area contributed by atoms with Gasteiger partial charge in [-0.2, -0.15) is 0 Å². The van der Waals surface area contributed by atoms with E-state index in [9.17, 15) is 4.79 Å². The maximum absolute atomic E-state index is 12.8. The van der Waals surface area contributed by atoms with Gasteiger partial charge in [-0.1, -0.05) is 36.2 Å². The van der Waals surface area contributed by atoms with E-state index in [1.165, 1.54) is 0 Å². The minimum absolute atomic E-state index is 0.0227. The molecule has 104 valence electrons. The van der Waals surface area contributed by atoms with Crippen molar-refractivity contribution < 1.29 is 9.32 Å². The Labute approximate surface area is 118 Å². The van der Waals surface area contributed by atoms with E-state index < -0.39 is 5.41 Å². The minimum atomic E-state index is -0.534. The maximum atomic E-state index is 12.8. The molecule has 0 bridgehead atoms. The van der Waals surface area contributed by atoms with Gasteiger partial charge >= 0.3 is 0 Å². The van der Waals surface area contributed by atoms with E-state index in [1.807, 2.05) is 43.3 Å². The molecule has 2 aromatic rings. The van der Waals surface area contributed by atoms with E-state index in [2.05, 4.69) is 10.5 Å². The topological polar surface area (TPSA) is 55.1 Å². The quantitative estimate of drug-likeness (QED) is 0.929. The highest BCUT2D eigenvalue weighted by atomic mass is 16.5. The van der Waals surface area contributed by atoms with Gasteiger partial charge in [-0.25, -0.2) is 0 Å². The Bertz CT molecular complexity index is 598. The van der Waals surface area contributed by atoms with Crippen molar-refractivity contribution in [3.63, 3.8) is 0 Å². The number of anilines is 1. The molecule has 4 heteroatoms. The minimum Gasteiger partial charge on any atom is -0.361 e. The van der Waals surface area contributed by atoms with Gasteiger partial charge < -0.3 is 9.84 Å². The first-order chi connectivity index (χ1) is 9.71. The number of aromatic nitrogens is 1. The molecule has 1 N–H and O–H groups in total. The molecule has 1 amide bonds. The maximum Gasteiger partial charge on any atom is 0.236 e. The lowest BCUT2D eigenvalue weighted by molar-refractivity contribution is -0.121. The molecule has 3 rings (SSSR count). The van der Waals surface area contributed by atoms with E-state index >= 15 is 0 Å². The predicted molar refractivity (Wildman–Crippen MR) is 76.5 cm³/mol. The molecule has 20 heavy (non-hydrogen) atoms. The van der Waals surface area contributed by atoms with Gasteiger partial charge in [0.15, 0.2) is 0 Å². The van der Waals surface area contributed by atoms with E-state index in [0.717, 1.165) is 42.8 Å². The van der Waals surface area contributed by atoms with Gasteiger partial charge in [-0.05, 0) is 31.9 Å². The summed E-state index contributed by atoms with van der Waals surface area (Å²) in [6, 6.07) is 11.4. The number of rotatable bonds is 3. The van der Waals surface area contributed by atoms with Gasteiger partial charge in [0.2, 0.25) is 5.91 Å². The Morgan fingerprint density at radius 1 is 1.25 bits per heavy atom. The van der Waals surface area contributed by atoms with Gasteiger partial charge in [0, 0.05) is 11.8 Å². The molecule has 1 aliphatic carbocycles. The average Bonchev–Trinajstić information content (AvgIpc) is 3.09. The molecule has 1 fully saturated rings. The van der Waals surface area contributed by atoms with Crippen LogP contribution in [0.1, 0.15) is 37.1 Å². The zero-order chi connectivity index (χ0) is 14.0. The summed E-state index contributed by atoms with van der Waals surface area (Å²) in [5.41, 5.74) is 1.05. The number of para-hydroxylation sites is 1. The molecule has 1 saturated carbocycles. The first-order valence-electron chi connectivity index (χ1n) is 7.01. The number of benzene rings is 1. The smallest absolute Gasteiger partial charge is 0.236 e. The summed E-state index contributed by atoms with van der Waals surface area (Å²) in [6.07, 6.45) is 3.76. The first kappa shape index (κ1) is 12.9. The van der Waals surface area contributed by atoms with Crippen LogP contribution in [0, 0.1) is 6.92 Å². The number of hydrogen-bond donors (Lipinski definition) is 1. The summed E-state index contributed by atoms with van der Waals surface area (Å²) in [6.45, 7) is 1.86. The Morgan fingerprint density at radius 3 is 2.55 bits per heavy atom. The number of aryl methyl sites for hydroxylation is 1. The van der Waals surface area contributed by atoms with Crippen molar-refractivity contribution >= 4 is 11.6 Å². The standard InChI is InChI=1S/C16H18N2O2/c1-12-11-14(18-20-12)16(9-5-6-10-16)15(19)17-13-7-3-2-4-8-13/h2-4,7-8,11H,5-6,9-10H2,1H3,(H,17,19). The summed E-state index contributed by atoms with van der Waals surface area (Å²) in [4.78, 5) is 12.8. The van der Waals surface area contributed by atoms with Crippen molar-refractivity contribution in [2.75, 3.05) is 5.32 Å². The molecule has 0 saturated heterocycles. The number of nitrogens with one attached hydrogen (secondary N) is 1. The van der Waals surface area contributed by atoms with E-state index in [-0.39, 0.29) is 5.91 Å². The van der Waals surface area contributed by atoms with Crippen LogP contribution in [0.15, 0.2) is 40.9 Å². The van der Waals surface area contributed by atoms with Gasteiger partial charge in [-0.3, -0.25) is 4.79 Å². The number of hydrogen-bond acceptors (Lipinski definition) is 3. The Kier molecular flexibility index (Phi) is 3.30. The molecular formula is C16H18N2O2. The van der Waals surface area contributed by atoms with Crippen LogP contribution in [-0.2, 0) is 10.2 Å². The molecule has 1 aromatic heterocycles. The zero-order valence-corrected chi connectivity index (χ0v) is 11.6. The monoisotopic (exact) mass is 270 g/mol. The Balaban J connectivity index is 1.89. The second-order valence-electron chi connectivity index (χ2n) is 5.43. The van der Waals surface area contributed by atoms with Crippen LogP contribution >= 0.6 is 0 Å². The Morgan fingerprint density at radius 2 is 1.95 bits per heavy atom. The molecule has 0 spiro atoms. The van der Waals surface area contributed by atoms with Crippen molar-refractivity contribution in [1.29, 1.82) is 0 Å². The molecule has 0 atom stereocenters. The second kappa shape index (κ2) is 5.12. The van der Waals surface area contributed by atoms with Crippen molar-refractivity contribution in [3.05, 3.63) is 47.9 Å². The molecule has 1 heterocycles. The second-order valence-corrected chi connectivity index (χ2v) is 5.43. The van der Waals surface area contributed by atoms with Gasteiger partial charge in [0.25, 0.3) is 0 Å². The van der Waals surface area contributed by atoms with E-state index in [0.29, 0.717) is 0 Å². The highest BCUT2D eigenvalue weighted by Crippen LogP contribution is 2.41. The molecule has 0 radical (unpaired) electrons. The normalized spacial score (nSPS) is 17.1. The van der Waals surface area contributed by atoms with Crippen LogP contribution in [0.2, 0.25) is 0 Å². The third-order valence-corrected chi connectivity index (χ3v) is 4.04. The fraction of sp³-hybridized carbons (Fsp3) is 0.375. The lowest BCUT2D eigenvalue weighted by atomic mass is 9.81. The summed E-state index contributed by atoms with van der Waals surface area (Å²) in [7, 11) is 0. The number of amides is 1. The Hall–Kier alpha value is -2.10. The fourth-order valence-electron chi connectivity index (χ4n) is 2.94. The van der Waals surface area contributed by atoms with Crippen molar-refractivity contribution in [2.24, 2.45) is 0 Å². The molecule has 4 nitrogen and oxygen atoms in total. The van der Waals surface area contributed by atoms with Gasteiger partial charge in [0.1, 0.15) is 5.76 Å². The summed E-state index contributed by atoms with van der Waals surface area (Å²) in [5.74, 6) is 0.772. The molecule has 0 unspecified atom stereocenters. The molecule has 0 aliphatic heterocycles. The SMILES string of the molecule is Cc1cc(C2(C(=O)Nc3ccccc3)CCCC2)no1.